The molecule has 1 aromatic heterocycles. The second kappa shape index (κ2) is 6.53. The molecular formula is C14H19N3O5S. The lowest BCUT2D eigenvalue weighted by Crippen LogP contribution is -2.52. The monoisotopic (exact) mass is 341 g/mol. The van der Waals surface area contributed by atoms with Crippen LogP contribution >= 0.6 is 0 Å². The molecule has 1 unspecified atom stereocenters. The van der Waals surface area contributed by atoms with Gasteiger partial charge in [0.25, 0.3) is 5.91 Å². The third-order valence-corrected chi connectivity index (χ3v) is 5.36. The SMILES string of the molecule is Cc1c[nH]cc(C(=O)NC(C)C(=O)N2CCS(=O)(=O)CC2)c1=O. The predicted octanol–water partition coefficient (Wildman–Crippen LogP) is -0.941. The molecule has 9 heteroatoms. The number of amides is 2. The molecule has 1 saturated heterocycles. The van der Waals surface area contributed by atoms with E-state index in [1.165, 1.54) is 24.2 Å². The summed E-state index contributed by atoms with van der Waals surface area (Å²) in [7, 11) is -3.08. The van der Waals surface area contributed by atoms with Crippen molar-refractivity contribution in [1.82, 2.24) is 15.2 Å². The Morgan fingerprint density at radius 2 is 1.87 bits per heavy atom. The van der Waals surface area contributed by atoms with E-state index in [0.717, 1.165) is 0 Å². The topological polar surface area (TPSA) is 116 Å². The number of carbonyl (C=O) groups excluding carboxylic acids is 2. The molecular weight excluding hydrogens is 322 g/mol. The summed E-state index contributed by atoms with van der Waals surface area (Å²) in [5.41, 5.74) is -0.0614. The first-order valence-electron chi connectivity index (χ1n) is 7.19. The molecule has 2 rings (SSSR count). The van der Waals surface area contributed by atoms with Crippen LogP contribution in [0.5, 0.6) is 0 Å². The summed E-state index contributed by atoms with van der Waals surface area (Å²) in [5.74, 6) is -1.15. The number of hydrogen-bond acceptors (Lipinski definition) is 5. The molecule has 1 fully saturated rings. The molecule has 2 heterocycles. The Hall–Kier alpha value is -2.16. The number of rotatable bonds is 3. The third kappa shape index (κ3) is 3.98. The van der Waals surface area contributed by atoms with Crippen LogP contribution in [0.4, 0.5) is 0 Å². The van der Waals surface area contributed by atoms with Gasteiger partial charge in [0, 0.05) is 31.0 Å². The Balaban J connectivity index is 2.02. The van der Waals surface area contributed by atoms with Gasteiger partial charge in [0.1, 0.15) is 11.6 Å². The molecule has 1 aromatic rings. The van der Waals surface area contributed by atoms with E-state index in [9.17, 15) is 22.8 Å². The van der Waals surface area contributed by atoms with Crippen LogP contribution in [0.2, 0.25) is 0 Å². The van der Waals surface area contributed by atoms with E-state index in [-0.39, 0.29) is 36.1 Å². The smallest absolute Gasteiger partial charge is 0.257 e. The van der Waals surface area contributed by atoms with Crippen molar-refractivity contribution in [3.05, 3.63) is 33.7 Å². The summed E-state index contributed by atoms with van der Waals surface area (Å²) in [5, 5.41) is 2.48. The maximum absolute atomic E-state index is 12.3. The van der Waals surface area contributed by atoms with Crippen LogP contribution < -0.4 is 10.7 Å². The van der Waals surface area contributed by atoms with Crippen LogP contribution in [0.1, 0.15) is 22.8 Å². The first-order chi connectivity index (χ1) is 10.7. The maximum atomic E-state index is 12.3. The van der Waals surface area contributed by atoms with Crippen LogP contribution in [0.15, 0.2) is 17.2 Å². The zero-order valence-electron chi connectivity index (χ0n) is 13.0. The standard InChI is InChI=1S/C14H19N3O5S/c1-9-7-15-8-11(12(9)18)13(19)16-10(2)14(20)17-3-5-23(21,22)6-4-17/h7-8,10H,3-6H2,1-2H3,(H,15,18)(H,16,19). The van der Waals surface area contributed by atoms with Gasteiger partial charge in [-0.25, -0.2) is 8.42 Å². The van der Waals surface area contributed by atoms with Crippen molar-refractivity contribution >= 4 is 21.7 Å². The number of pyridine rings is 1. The second-order valence-electron chi connectivity index (χ2n) is 5.55. The molecule has 0 bridgehead atoms. The fourth-order valence-corrected chi connectivity index (χ4v) is 3.51. The highest BCUT2D eigenvalue weighted by Crippen LogP contribution is 2.06. The fourth-order valence-electron chi connectivity index (χ4n) is 2.30. The minimum atomic E-state index is -3.08. The molecule has 1 aliphatic rings. The Bertz CT molecular complexity index is 770. The van der Waals surface area contributed by atoms with Gasteiger partial charge >= 0.3 is 0 Å². The molecule has 0 aliphatic carbocycles. The van der Waals surface area contributed by atoms with Crippen molar-refractivity contribution in [3.63, 3.8) is 0 Å². The highest BCUT2D eigenvalue weighted by atomic mass is 32.2. The number of H-pyrrole nitrogens is 1. The van der Waals surface area contributed by atoms with Gasteiger partial charge in [0.15, 0.2) is 15.3 Å². The number of nitrogens with zero attached hydrogens (tertiary/aromatic N) is 1. The number of aromatic amines is 1. The van der Waals surface area contributed by atoms with E-state index in [1.807, 2.05) is 0 Å². The van der Waals surface area contributed by atoms with Crippen molar-refractivity contribution in [2.75, 3.05) is 24.6 Å². The largest absolute Gasteiger partial charge is 0.366 e. The second-order valence-corrected chi connectivity index (χ2v) is 7.86. The Morgan fingerprint density at radius 1 is 1.26 bits per heavy atom. The number of carbonyl (C=O) groups is 2. The zero-order chi connectivity index (χ0) is 17.2. The van der Waals surface area contributed by atoms with Crippen molar-refractivity contribution < 1.29 is 18.0 Å². The molecule has 126 valence electrons. The van der Waals surface area contributed by atoms with Gasteiger partial charge in [-0.1, -0.05) is 0 Å². The minimum absolute atomic E-state index is 0.0640. The average molecular weight is 341 g/mol. The normalized spacial score (nSPS) is 18.3. The number of aryl methyl sites for hydroxylation is 1. The van der Waals surface area contributed by atoms with Crippen LogP contribution in [-0.4, -0.2) is 60.8 Å². The van der Waals surface area contributed by atoms with E-state index in [1.54, 1.807) is 6.92 Å². The number of aromatic nitrogens is 1. The summed E-state index contributed by atoms with van der Waals surface area (Å²) in [6.45, 7) is 3.32. The highest BCUT2D eigenvalue weighted by Gasteiger charge is 2.28. The average Bonchev–Trinajstić information content (AvgIpc) is 2.49. The number of nitrogens with one attached hydrogen (secondary N) is 2. The van der Waals surface area contributed by atoms with E-state index in [0.29, 0.717) is 5.56 Å². The molecule has 8 nitrogen and oxygen atoms in total. The lowest BCUT2D eigenvalue weighted by Gasteiger charge is -2.29. The summed E-state index contributed by atoms with van der Waals surface area (Å²) in [6, 6.07) is -0.844. The first-order valence-corrected chi connectivity index (χ1v) is 9.01. The van der Waals surface area contributed by atoms with Crippen LogP contribution in [0, 0.1) is 6.92 Å². The van der Waals surface area contributed by atoms with Crippen LogP contribution in [0.25, 0.3) is 0 Å². The number of hydrogen-bond donors (Lipinski definition) is 2. The molecule has 1 aliphatic heterocycles. The van der Waals surface area contributed by atoms with Gasteiger partial charge in [-0.15, -0.1) is 0 Å². The zero-order valence-corrected chi connectivity index (χ0v) is 13.8. The molecule has 0 saturated carbocycles. The Morgan fingerprint density at radius 3 is 2.48 bits per heavy atom. The van der Waals surface area contributed by atoms with Crippen molar-refractivity contribution in [2.45, 2.75) is 19.9 Å². The number of sulfone groups is 1. The fraction of sp³-hybridized carbons (Fsp3) is 0.500. The van der Waals surface area contributed by atoms with Crippen molar-refractivity contribution in [3.8, 4) is 0 Å². The summed E-state index contributed by atoms with van der Waals surface area (Å²) < 4.78 is 22.7. The lowest BCUT2D eigenvalue weighted by molar-refractivity contribution is -0.132. The van der Waals surface area contributed by atoms with Crippen LogP contribution in [-0.2, 0) is 14.6 Å². The van der Waals surface area contributed by atoms with Crippen molar-refractivity contribution in [1.29, 1.82) is 0 Å². The first kappa shape index (κ1) is 17.2. The van der Waals surface area contributed by atoms with Gasteiger partial charge in [0.05, 0.1) is 11.5 Å². The Labute approximate surface area is 133 Å². The van der Waals surface area contributed by atoms with Gasteiger partial charge in [-0.05, 0) is 13.8 Å². The molecule has 23 heavy (non-hydrogen) atoms. The van der Waals surface area contributed by atoms with Gasteiger partial charge < -0.3 is 15.2 Å². The Kier molecular flexibility index (Phi) is 4.88. The summed E-state index contributed by atoms with van der Waals surface area (Å²) in [6.07, 6.45) is 2.77. The summed E-state index contributed by atoms with van der Waals surface area (Å²) in [4.78, 5) is 40.4. The van der Waals surface area contributed by atoms with E-state index in [4.69, 9.17) is 0 Å². The summed E-state index contributed by atoms with van der Waals surface area (Å²) >= 11 is 0. The third-order valence-electron chi connectivity index (χ3n) is 3.75. The van der Waals surface area contributed by atoms with E-state index >= 15 is 0 Å². The van der Waals surface area contributed by atoms with Gasteiger partial charge in [-0.3, -0.25) is 14.4 Å². The van der Waals surface area contributed by atoms with E-state index < -0.39 is 27.2 Å². The molecule has 0 spiro atoms. The molecule has 0 aromatic carbocycles. The minimum Gasteiger partial charge on any atom is -0.366 e. The highest BCUT2D eigenvalue weighted by molar-refractivity contribution is 7.91. The van der Waals surface area contributed by atoms with Gasteiger partial charge in [0.2, 0.25) is 5.91 Å². The van der Waals surface area contributed by atoms with Crippen molar-refractivity contribution in [2.24, 2.45) is 0 Å². The predicted molar refractivity (Wildman–Crippen MR) is 84.0 cm³/mol. The molecule has 1 atom stereocenters. The quantitative estimate of drug-likeness (QED) is 0.736. The molecule has 2 N–H and O–H groups in total. The molecule has 0 radical (unpaired) electrons. The van der Waals surface area contributed by atoms with Gasteiger partial charge in [-0.2, -0.15) is 0 Å². The van der Waals surface area contributed by atoms with Crippen LogP contribution in [0.3, 0.4) is 0 Å². The molecule has 2 amide bonds. The lowest BCUT2D eigenvalue weighted by atomic mass is 10.2. The maximum Gasteiger partial charge on any atom is 0.257 e. The van der Waals surface area contributed by atoms with E-state index in [2.05, 4.69) is 10.3 Å².